The molecule has 2 aromatic carbocycles. The van der Waals surface area contributed by atoms with Crippen molar-refractivity contribution in [2.45, 2.75) is 26.5 Å². The summed E-state index contributed by atoms with van der Waals surface area (Å²) >= 11 is 0. The SMILES string of the molecule is CCN(C(=O)[C@H](C)OC(=O)/C=C/c1cn(Cc2ccccc2)nn1)c1ccccc1. The molecule has 0 aliphatic carbocycles. The first kappa shape index (κ1) is 21.0. The number of para-hydroxylation sites is 1. The van der Waals surface area contributed by atoms with E-state index >= 15 is 0 Å². The lowest BCUT2D eigenvalue weighted by Gasteiger charge is -2.24. The van der Waals surface area contributed by atoms with Gasteiger partial charge in [0.15, 0.2) is 6.10 Å². The number of aromatic nitrogens is 3. The van der Waals surface area contributed by atoms with E-state index in [0.29, 0.717) is 18.8 Å². The third-order valence-electron chi connectivity index (χ3n) is 4.42. The number of esters is 1. The van der Waals surface area contributed by atoms with Gasteiger partial charge in [-0.2, -0.15) is 0 Å². The van der Waals surface area contributed by atoms with E-state index < -0.39 is 12.1 Å². The zero-order valence-corrected chi connectivity index (χ0v) is 17.0. The van der Waals surface area contributed by atoms with Crippen molar-refractivity contribution in [2.24, 2.45) is 0 Å². The Bertz CT molecular complexity index is 1000. The molecule has 0 saturated carbocycles. The van der Waals surface area contributed by atoms with E-state index in [4.69, 9.17) is 4.74 Å². The van der Waals surface area contributed by atoms with Crippen LogP contribution in [0.15, 0.2) is 72.9 Å². The molecule has 7 nitrogen and oxygen atoms in total. The summed E-state index contributed by atoms with van der Waals surface area (Å²) in [6.45, 7) is 4.50. The fraction of sp³-hybridized carbons (Fsp3) is 0.217. The molecule has 0 aliphatic rings. The third-order valence-corrected chi connectivity index (χ3v) is 4.42. The number of rotatable bonds is 8. The molecule has 0 bridgehead atoms. The van der Waals surface area contributed by atoms with Crippen LogP contribution in [0.5, 0.6) is 0 Å². The number of hydrogen-bond donors (Lipinski definition) is 0. The number of amides is 1. The van der Waals surface area contributed by atoms with Crippen LogP contribution in [0.3, 0.4) is 0 Å². The van der Waals surface area contributed by atoms with Gasteiger partial charge < -0.3 is 9.64 Å². The Kier molecular flexibility index (Phi) is 7.10. The quantitative estimate of drug-likeness (QED) is 0.425. The lowest BCUT2D eigenvalue weighted by molar-refractivity contribution is -0.149. The summed E-state index contributed by atoms with van der Waals surface area (Å²) in [5.74, 6) is -0.892. The van der Waals surface area contributed by atoms with Gasteiger partial charge in [-0.15, -0.1) is 5.10 Å². The highest BCUT2D eigenvalue weighted by Crippen LogP contribution is 2.15. The summed E-state index contributed by atoms with van der Waals surface area (Å²) in [5.41, 5.74) is 2.39. The molecule has 0 N–H and O–H groups in total. The van der Waals surface area contributed by atoms with E-state index in [1.807, 2.05) is 67.6 Å². The van der Waals surface area contributed by atoms with Gasteiger partial charge in [-0.05, 0) is 37.6 Å². The van der Waals surface area contributed by atoms with Crippen molar-refractivity contribution in [3.63, 3.8) is 0 Å². The van der Waals surface area contributed by atoms with Crippen molar-refractivity contribution in [1.82, 2.24) is 15.0 Å². The number of ether oxygens (including phenoxy) is 1. The Hall–Kier alpha value is -3.74. The van der Waals surface area contributed by atoms with Gasteiger partial charge in [0.1, 0.15) is 5.69 Å². The number of likely N-dealkylation sites (N-methyl/N-ethyl adjacent to an activating group) is 1. The molecule has 0 spiro atoms. The maximum Gasteiger partial charge on any atom is 0.331 e. The first-order valence-electron chi connectivity index (χ1n) is 9.76. The molecule has 0 saturated heterocycles. The molecule has 3 aromatic rings. The average molecular weight is 404 g/mol. The van der Waals surface area contributed by atoms with E-state index in [1.165, 1.54) is 12.2 Å². The smallest absolute Gasteiger partial charge is 0.331 e. The first-order valence-corrected chi connectivity index (χ1v) is 9.76. The summed E-state index contributed by atoms with van der Waals surface area (Å²) in [5, 5.41) is 8.07. The molecule has 1 amide bonds. The molecule has 0 aliphatic heterocycles. The van der Waals surface area contributed by atoms with Crippen LogP contribution in [0.1, 0.15) is 25.1 Å². The summed E-state index contributed by atoms with van der Waals surface area (Å²) in [6, 6.07) is 19.2. The molecule has 154 valence electrons. The minimum atomic E-state index is -0.906. The van der Waals surface area contributed by atoms with Gasteiger partial charge in [0, 0.05) is 18.3 Å². The number of hydrogen-bond acceptors (Lipinski definition) is 5. The zero-order valence-electron chi connectivity index (χ0n) is 17.0. The maximum atomic E-state index is 12.7. The second kappa shape index (κ2) is 10.2. The van der Waals surface area contributed by atoms with Crippen LogP contribution in [0.25, 0.3) is 6.08 Å². The summed E-state index contributed by atoms with van der Waals surface area (Å²) < 4.78 is 6.95. The van der Waals surface area contributed by atoms with Crippen molar-refractivity contribution in [3.05, 3.63) is 84.2 Å². The van der Waals surface area contributed by atoms with Crippen LogP contribution in [0, 0.1) is 0 Å². The number of carbonyl (C=O) groups is 2. The number of nitrogens with zero attached hydrogens (tertiary/aromatic N) is 4. The Morgan fingerprint density at radius 3 is 2.43 bits per heavy atom. The topological polar surface area (TPSA) is 77.3 Å². The molecular formula is C23H24N4O3. The molecule has 7 heteroatoms. The van der Waals surface area contributed by atoms with Gasteiger partial charge in [-0.3, -0.25) is 4.79 Å². The minimum Gasteiger partial charge on any atom is -0.449 e. The second-order valence-corrected chi connectivity index (χ2v) is 6.66. The first-order chi connectivity index (χ1) is 14.6. The standard InChI is InChI=1S/C23H24N4O3/c1-3-27(21-12-8-5-9-13-21)23(29)18(2)30-22(28)15-14-20-17-26(25-24-20)16-19-10-6-4-7-11-19/h4-15,17-18H,3,16H2,1-2H3/b15-14+/t18-/m0/s1. The molecular weight excluding hydrogens is 380 g/mol. The van der Waals surface area contributed by atoms with Gasteiger partial charge in [-0.1, -0.05) is 53.7 Å². The zero-order chi connectivity index (χ0) is 21.3. The van der Waals surface area contributed by atoms with Crippen LogP contribution < -0.4 is 4.90 Å². The van der Waals surface area contributed by atoms with Gasteiger partial charge in [-0.25, -0.2) is 9.48 Å². The molecule has 1 atom stereocenters. The van der Waals surface area contributed by atoms with Gasteiger partial charge >= 0.3 is 5.97 Å². The lowest BCUT2D eigenvalue weighted by Crippen LogP contribution is -2.39. The number of benzene rings is 2. The van der Waals surface area contributed by atoms with E-state index in [9.17, 15) is 9.59 Å². The molecule has 1 heterocycles. The van der Waals surface area contributed by atoms with Gasteiger partial charge in [0.2, 0.25) is 0 Å². The van der Waals surface area contributed by atoms with Crippen molar-refractivity contribution in [3.8, 4) is 0 Å². The average Bonchev–Trinajstić information content (AvgIpc) is 3.21. The van der Waals surface area contributed by atoms with Crippen LogP contribution in [-0.2, 0) is 20.9 Å². The van der Waals surface area contributed by atoms with Crippen molar-refractivity contribution >= 4 is 23.6 Å². The fourth-order valence-electron chi connectivity index (χ4n) is 2.95. The number of anilines is 1. The number of carbonyl (C=O) groups excluding carboxylic acids is 2. The molecule has 1 aromatic heterocycles. The van der Waals surface area contributed by atoms with Crippen molar-refractivity contribution in [1.29, 1.82) is 0 Å². The van der Waals surface area contributed by atoms with Gasteiger partial charge in [0.25, 0.3) is 5.91 Å². The summed E-state index contributed by atoms with van der Waals surface area (Å²) in [4.78, 5) is 26.4. The Morgan fingerprint density at radius 1 is 1.10 bits per heavy atom. The lowest BCUT2D eigenvalue weighted by atomic mass is 10.2. The minimum absolute atomic E-state index is 0.278. The summed E-state index contributed by atoms with van der Waals surface area (Å²) in [7, 11) is 0. The molecule has 0 unspecified atom stereocenters. The normalized spacial score (nSPS) is 11.9. The van der Waals surface area contributed by atoms with E-state index in [0.717, 1.165) is 11.3 Å². The van der Waals surface area contributed by atoms with Crippen LogP contribution >= 0.6 is 0 Å². The molecule has 30 heavy (non-hydrogen) atoms. The van der Waals surface area contributed by atoms with Crippen LogP contribution in [0.2, 0.25) is 0 Å². The van der Waals surface area contributed by atoms with E-state index in [-0.39, 0.29) is 5.91 Å². The second-order valence-electron chi connectivity index (χ2n) is 6.66. The predicted octanol–water partition coefficient (Wildman–Crippen LogP) is 3.32. The van der Waals surface area contributed by atoms with Crippen LogP contribution in [0.4, 0.5) is 5.69 Å². The van der Waals surface area contributed by atoms with Crippen molar-refractivity contribution in [2.75, 3.05) is 11.4 Å². The fourth-order valence-corrected chi connectivity index (χ4v) is 2.95. The van der Waals surface area contributed by atoms with E-state index in [2.05, 4.69) is 10.3 Å². The Morgan fingerprint density at radius 2 is 1.77 bits per heavy atom. The van der Waals surface area contributed by atoms with Crippen molar-refractivity contribution < 1.29 is 14.3 Å². The molecule has 3 rings (SSSR count). The highest BCUT2D eigenvalue weighted by Gasteiger charge is 2.23. The highest BCUT2D eigenvalue weighted by atomic mass is 16.5. The predicted molar refractivity (Wildman–Crippen MR) is 115 cm³/mol. The van der Waals surface area contributed by atoms with Crippen LogP contribution in [-0.4, -0.2) is 39.5 Å². The Labute approximate surface area is 175 Å². The monoisotopic (exact) mass is 404 g/mol. The molecule has 0 fully saturated rings. The summed E-state index contributed by atoms with van der Waals surface area (Å²) in [6.07, 6.45) is 3.60. The Balaban J connectivity index is 1.55. The largest absolute Gasteiger partial charge is 0.449 e. The third kappa shape index (κ3) is 5.64. The van der Waals surface area contributed by atoms with Gasteiger partial charge in [0.05, 0.1) is 12.7 Å². The highest BCUT2D eigenvalue weighted by molar-refractivity contribution is 5.98. The maximum absolute atomic E-state index is 12.7. The van der Waals surface area contributed by atoms with E-state index in [1.54, 1.807) is 22.7 Å². The molecule has 0 radical (unpaired) electrons.